The average molecular weight is 369 g/mol. The van der Waals surface area contributed by atoms with Crippen molar-refractivity contribution >= 4 is 49.1 Å². The molecule has 1 aromatic heterocycles. The molecule has 0 radical (unpaired) electrons. The number of hydrogen-bond acceptors (Lipinski definition) is 3. The highest BCUT2D eigenvalue weighted by atomic mass is 79.9. The normalized spacial score (nSPS) is 20.4. The molecule has 1 aliphatic heterocycles. The number of amides is 1. The number of nitrogens with zero attached hydrogens (tertiary/aromatic N) is 1. The standard InChI is InChI=1S/C10H11Br2NO2S/c11-7-4-8(16-9(7)12)10(15)13-3-1-2-6(13)5-14/h4,6,14H,1-3,5H2/t6-/m0/s1. The van der Waals surface area contributed by atoms with Gasteiger partial charge in [0.2, 0.25) is 0 Å². The lowest BCUT2D eigenvalue weighted by Gasteiger charge is -2.22. The quantitative estimate of drug-likeness (QED) is 0.871. The molecule has 16 heavy (non-hydrogen) atoms. The van der Waals surface area contributed by atoms with Crippen molar-refractivity contribution in [3.63, 3.8) is 0 Å². The van der Waals surface area contributed by atoms with Gasteiger partial charge >= 0.3 is 0 Å². The zero-order valence-corrected chi connectivity index (χ0v) is 12.4. The first-order chi connectivity index (χ1) is 7.63. The number of halogens is 2. The van der Waals surface area contributed by atoms with Crippen molar-refractivity contribution in [2.24, 2.45) is 0 Å². The zero-order chi connectivity index (χ0) is 11.7. The third-order valence-corrected chi connectivity index (χ3v) is 5.95. The zero-order valence-electron chi connectivity index (χ0n) is 8.45. The van der Waals surface area contributed by atoms with E-state index in [-0.39, 0.29) is 18.6 Å². The second-order valence-electron chi connectivity index (χ2n) is 3.71. The van der Waals surface area contributed by atoms with Crippen LogP contribution >= 0.6 is 43.2 Å². The summed E-state index contributed by atoms with van der Waals surface area (Å²) in [4.78, 5) is 14.6. The smallest absolute Gasteiger partial charge is 0.264 e. The minimum absolute atomic E-state index is 0.00727. The maximum Gasteiger partial charge on any atom is 0.264 e. The van der Waals surface area contributed by atoms with Crippen molar-refractivity contribution < 1.29 is 9.90 Å². The Balaban J connectivity index is 2.18. The van der Waals surface area contributed by atoms with Gasteiger partial charge in [-0.3, -0.25) is 4.79 Å². The van der Waals surface area contributed by atoms with Gasteiger partial charge in [-0.2, -0.15) is 0 Å². The number of aliphatic hydroxyl groups excluding tert-OH is 1. The lowest BCUT2D eigenvalue weighted by atomic mass is 10.2. The largest absolute Gasteiger partial charge is 0.394 e. The molecule has 88 valence electrons. The molecule has 2 rings (SSSR count). The van der Waals surface area contributed by atoms with Crippen molar-refractivity contribution in [2.45, 2.75) is 18.9 Å². The van der Waals surface area contributed by atoms with Gasteiger partial charge in [-0.05, 0) is 50.8 Å². The summed E-state index contributed by atoms with van der Waals surface area (Å²) < 4.78 is 1.83. The van der Waals surface area contributed by atoms with E-state index >= 15 is 0 Å². The fourth-order valence-corrected chi connectivity index (χ4v) is 3.88. The van der Waals surface area contributed by atoms with Gasteiger partial charge in [-0.15, -0.1) is 11.3 Å². The third kappa shape index (κ3) is 2.34. The van der Waals surface area contributed by atoms with Gasteiger partial charge in [0.05, 0.1) is 21.3 Å². The maximum absolute atomic E-state index is 12.2. The summed E-state index contributed by atoms with van der Waals surface area (Å²) in [7, 11) is 0. The minimum atomic E-state index is -0.00727. The van der Waals surface area contributed by atoms with E-state index in [1.165, 1.54) is 11.3 Å². The van der Waals surface area contributed by atoms with Crippen molar-refractivity contribution in [2.75, 3.05) is 13.2 Å². The van der Waals surface area contributed by atoms with E-state index in [0.29, 0.717) is 4.88 Å². The van der Waals surface area contributed by atoms with Gasteiger partial charge in [0, 0.05) is 11.0 Å². The summed E-state index contributed by atoms with van der Waals surface area (Å²) in [6.07, 6.45) is 1.88. The van der Waals surface area contributed by atoms with E-state index in [1.54, 1.807) is 4.90 Å². The Hall–Kier alpha value is 0.0900. The molecule has 1 atom stereocenters. The first kappa shape index (κ1) is 12.5. The Labute approximate surface area is 115 Å². The van der Waals surface area contributed by atoms with Crippen LogP contribution in [0, 0.1) is 0 Å². The van der Waals surface area contributed by atoms with Gasteiger partial charge in [-0.1, -0.05) is 0 Å². The summed E-state index contributed by atoms with van der Waals surface area (Å²) in [6, 6.07) is 1.82. The van der Waals surface area contributed by atoms with E-state index in [2.05, 4.69) is 31.9 Å². The van der Waals surface area contributed by atoms with E-state index in [9.17, 15) is 9.90 Å². The molecule has 0 aromatic carbocycles. The average Bonchev–Trinajstić information content (AvgIpc) is 2.85. The first-order valence-electron chi connectivity index (χ1n) is 5.00. The molecule has 1 fully saturated rings. The fraction of sp³-hybridized carbons (Fsp3) is 0.500. The van der Waals surface area contributed by atoms with Crippen LogP contribution in [0.3, 0.4) is 0 Å². The molecule has 1 aliphatic rings. The molecule has 6 heteroatoms. The van der Waals surface area contributed by atoms with E-state index in [1.807, 2.05) is 6.07 Å². The number of carbonyl (C=O) groups is 1. The lowest BCUT2D eigenvalue weighted by Crippen LogP contribution is -2.37. The predicted molar refractivity (Wildman–Crippen MR) is 70.9 cm³/mol. The first-order valence-corrected chi connectivity index (χ1v) is 7.40. The predicted octanol–water partition coefficient (Wildman–Crippen LogP) is 2.87. The molecule has 0 unspecified atom stereocenters. The Bertz CT molecular complexity index is 388. The van der Waals surface area contributed by atoms with Gasteiger partial charge in [0.25, 0.3) is 5.91 Å². The molecule has 1 amide bonds. The van der Waals surface area contributed by atoms with Crippen LogP contribution in [0.4, 0.5) is 0 Å². The molecule has 0 bridgehead atoms. The highest BCUT2D eigenvalue weighted by molar-refractivity contribution is 9.13. The summed E-state index contributed by atoms with van der Waals surface area (Å²) in [5.41, 5.74) is 0. The summed E-state index contributed by atoms with van der Waals surface area (Å²) >= 11 is 8.16. The minimum Gasteiger partial charge on any atom is -0.394 e. The number of thiophene rings is 1. The van der Waals surface area contributed by atoms with Gasteiger partial charge < -0.3 is 10.0 Å². The molecule has 3 nitrogen and oxygen atoms in total. The number of carbonyl (C=O) groups excluding carboxylic acids is 1. The highest BCUT2D eigenvalue weighted by Crippen LogP contribution is 2.34. The second-order valence-corrected chi connectivity index (χ2v) is 6.93. The van der Waals surface area contributed by atoms with Gasteiger partial charge in [0.1, 0.15) is 0 Å². The topological polar surface area (TPSA) is 40.5 Å². The summed E-state index contributed by atoms with van der Waals surface area (Å²) in [5, 5.41) is 9.18. The molecule has 1 aromatic rings. The van der Waals surface area contributed by atoms with Crippen LogP contribution in [0.15, 0.2) is 14.3 Å². The molecular weight excluding hydrogens is 358 g/mol. The Morgan fingerprint density at radius 3 is 2.94 bits per heavy atom. The SMILES string of the molecule is O=C(c1cc(Br)c(Br)s1)N1CCC[C@H]1CO. The lowest BCUT2D eigenvalue weighted by molar-refractivity contribution is 0.0682. The Kier molecular flexibility index (Phi) is 4.05. The van der Waals surface area contributed by atoms with Crippen LogP contribution in [0.1, 0.15) is 22.5 Å². The van der Waals surface area contributed by atoms with E-state index in [0.717, 1.165) is 27.6 Å². The Morgan fingerprint density at radius 1 is 1.62 bits per heavy atom. The molecule has 2 heterocycles. The Morgan fingerprint density at radius 2 is 2.38 bits per heavy atom. The number of hydrogen-bond donors (Lipinski definition) is 1. The molecule has 0 aliphatic carbocycles. The highest BCUT2D eigenvalue weighted by Gasteiger charge is 2.29. The number of rotatable bonds is 2. The van der Waals surface area contributed by atoms with Crippen LogP contribution in [0.25, 0.3) is 0 Å². The van der Waals surface area contributed by atoms with Crippen LogP contribution in [0.5, 0.6) is 0 Å². The molecule has 1 saturated heterocycles. The van der Waals surface area contributed by atoms with Crippen LogP contribution in [0.2, 0.25) is 0 Å². The second kappa shape index (κ2) is 5.16. The third-order valence-electron chi connectivity index (χ3n) is 2.70. The molecule has 0 spiro atoms. The van der Waals surface area contributed by atoms with Crippen molar-refractivity contribution in [1.29, 1.82) is 0 Å². The van der Waals surface area contributed by atoms with E-state index < -0.39 is 0 Å². The van der Waals surface area contributed by atoms with Gasteiger partial charge in [-0.25, -0.2) is 0 Å². The van der Waals surface area contributed by atoms with Crippen molar-refractivity contribution in [3.05, 3.63) is 19.2 Å². The number of aliphatic hydroxyl groups is 1. The van der Waals surface area contributed by atoms with Crippen LogP contribution in [-0.4, -0.2) is 35.1 Å². The van der Waals surface area contributed by atoms with Crippen LogP contribution < -0.4 is 0 Å². The molecule has 1 N–H and O–H groups in total. The molecular formula is C10H11Br2NO2S. The van der Waals surface area contributed by atoms with E-state index in [4.69, 9.17) is 0 Å². The van der Waals surface area contributed by atoms with Crippen LogP contribution in [-0.2, 0) is 0 Å². The summed E-state index contributed by atoms with van der Waals surface area (Å²) in [5.74, 6) is 0.0213. The monoisotopic (exact) mass is 367 g/mol. The van der Waals surface area contributed by atoms with Gasteiger partial charge in [0.15, 0.2) is 0 Å². The number of likely N-dealkylation sites (tertiary alicyclic amines) is 1. The molecule has 0 saturated carbocycles. The fourth-order valence-electron chi connectivity index (χ4n) is 1.89. The van der Waals surface area contributed by atoms with Crippen molar-refractivity contribution in [3.8, 4) is 0 Å². The maximum atomic E-state index is 12.2. The summed E-state index contributed by atoms with van der Waals surface area (Å²) in [6.45, 7) is 0.802. The van der Waals surface area contributed by atoms with Crippen molar-refractivity contribution in [1.82, 2.24) is 4.90 Å².